The monoisotopic (exact) mass is 280 g/mol. The first kappa shape index (κ1) is 14.2. The van der Waals surface area contributed by atoms with E-state index in [0.29, 0.717) is 0 Å². The first-order valence-corrected chi connectivity index (χ1v) is 7.80. The molecule has 1 atom stereocenters. The molecule has 21 heavy (non-hydrogen) atoms. The third kappa shape index (κ3) is 3.11. The van der Waals surface area contributed by atoms with Crippen molar-refractivity contribution in [3.05, 3.63) is 65.7 Å². The second-order valence-corrected chi connectivity index (χ2v) is 6.24. The molecule has 0 aliphatic carbocycles. The predicted octanol–water partition coefficient (Wildman–Crippen LogP) is 3.71. The molecule has 2 heteroatoms. The molecule has 1 heterocycles. The van der Waals surface area contributed by atoms with Gasteiger partial charge in [-0.05, 0) is 50.1 Å². The van der Waals surface area contributed by atoms with Gasteiger partial charge in [-0.2, -0.15) is 0 Å². The van der Waals surface area contributed by atoms with Crippen molar-refractivity contribution in [1.82, 2.24) is 5.32 Å². The molecule has 1 saturated heterocycles. The molecule has 2 aromatic rings. The largest absolute Gasteiger partial charge is 0.369 e. The fourth-order valence-electron chi connectivity index (χ4n) is 3.20. The summed E-state index contributed by atoms with van der Waals surface area (Å²) in [5, 5.41) is 3.75. The molecule has 2 aromatic carbocycles. The van der Waals surface area contributed by atoms with E-state index in [2.05, 4.69) is 78.7 Å². The molecule has 1 aliphatic rings. The minimum Gasteiger partial charge on any atom is -0.369 e. The number of anilines is 1. The van der Waals surface area contributed by atoms with Gasteiger partial charge in [0.15, 0.2) is 0 Å². The molecule has 1 fully saturated rings. The van der Waals surface area contributed by atoms with Crippen molar-refractivity contribution in [3.8, 4) is 0 Å². The number of nitrogens with zero attached hydrogens (tertiary/aromatic N) is 1. The zero-order valence-electron chi connectivity index (χ0n) is 13.0. The van der Waals surface area contributed by atoms with Crippen LogP contribution in [0.3, 0.4) is 0 Å². The summed E-state index contributed by atoms with van der Waals surface area (Å²) in [6.07, 6.45) is 1.18. The SMILES string of the molecule is Cc1cccc(N2CCCNC(C)(c3ccccc3)C2)c1. The van der Waals surface area contributed by atoms with Crippen LogP contribution in [0.1, 0.15) is 24.5 Å². The summed E-state index contributed by atoms with van der Waals surface area (Å²) in [5.74, 6) is 0. The minimum atomic E-state index is 0.00149. The first-order chi connectivity index (χ1) is 10.2. The summed E-state index contributed by atoms with van der Waals surface area (Å²) in [6, 6.07) is 19.6. The fraction of sp³-hybridized carbons (Fsp3) is 0.368. The van der Waals surface area contributed by atoms with E-state index in [1.165, 1.54) is 23.2 Å². The topological polar surface area (TPSA) is 15.3 Å². The summed E-state index contributed by atoms with van der Waals surface area (Å²) in [4.78, 5) is 2.51. The van der Waals surface area contributed by atoms with E-state index in [0.717, 1.165) is 19.6 Å². The van der Waals surface area contributed by atoms with E-state index in [1.807, 2.05) is 0 Å². The lowest BCUT2D eigenvalue weighted by atomic mass is 9.91. The smallest absolute Gasteiger partial charge is 0.0583 e. The maximum Gasteiger partial charge on any atom is 0.0583 e. The highest BCUT2D eigenvalue weighted by molar-refractivity contribution is 5.49. The number of benzene rings is 2. The van der Waals surface area contributed by atoms with Gasteiger partial charge in [-0.15, -0.1) is 0 Å². The van der Waals surface area contributed by atoms with Crippen LogP contribution in [0.15, 0.2) is 54.6 Å². The molecule has 1 aliphatic heterocycles. The van der Waals surface area contributed by atoms with Crippen LogP contribution in [0.2, 0.25) is 0 Å². The van der Waals surface area contributed by atoms with Gasteiger partial charge in [0.2, 0.25) is 0 Å². The zero-order valence-corrected chi connectivity index (χ0v) is 13.0. The van der Waals surface area contributed by atoms with E-state index in [9.17, 15) is 0 Å². The van der Waals surface area contributed by atoms with E-state index in [1.54, 1.807) is 0 Å². The van der Waals surface area contributed by atoms with Gasteiger partial charge < -0.3 is 10.2 Å². The molecule has 110 valence electrons. The van der Waals surface area contributed by atoms with Crippen LogP contribution >= 0.6 is 0 Å². The van der Waals surface area contributed by atoms with Crippen molar-refractivity contribution in [3.63, 3.8) is 0 Å². The lowest BCUT2D eigenvalue weighted by Gasteiger charge is -2.35. The molecule has 0 bridgehead atoms. The maximum absolute atomic E-state index is 3.75. The summed E-state index contributed by atoms with van der Waals surface area (Å²) in [7, 11) is 0. The van der Waals surface area contributed by atoms with Gasteiger partial charge >= 0.3 is 0 Å². The van der Waals surface area contributed by atoms with Crippen molar-refractivity contribution in [2.75, 3.05) is 24.5 Å². The molecule has 0 radical (unpaired) electrons. The quantitative estimate of drug-likeness (QED) is 0.902. The van der Waals surface area contributed by atoms with Crippen LogP contribution in [-0.4, -0.2) is 19.6 Å². The Morgan fingerprint density at radius 1 is 1.05 bits per heavy atom. The number of aryl methyl sites for hydroxylation is 1. The molecular weight excluding hydrogens is 256 g/mol. The standard InChI is InChI=1S/C19H24N2/c1-16-8-6-11-18(14-16)21-13-7-12-20-19(2,15-21)17-9-4-3-5-10-17/h3-6,8-11,14,20H,7,12-13,15H2,1-2H3. The maximum atomic E-state index is 3.75. The van der Waals surface area contributed by atoms with Crippen LogP contribution in [0.25, 0.3) is 0 Å². The number of hydrogen-bond donors (Lipinski definition) is 1. The summed E-state index contributed by atoms with van der Waals surface area (Å²) in [6.45, 7) is 7.65. The molecule has 1 N–H and O–H groups in total. The highest BCUT2D eigenvalue weighted by Gasteiger charge is 2.30. The Morgan fingerprint density at radius 3 is 2.62 bits per heavy atom. The van der Waals surface area contributed by atoms with Crippen molar-refractivity contribution in [1.29, 1.82) is 0 Å². The van der Waals surface area contributed by atoms with Crippen molar-refractivity contribution >= 4 is 5.69 Å². The van der Waals surface area contributed by atoms with E-state index >= 15 is 0 Å². The van der Waals surface area contributed by atoms with Crippen molar-refractivity contribution in [2.45, 2.75) is 25.8 Å². The van der Waals surface area contributed by atoms with Gasteiger partial charge in [0, 0.05) is 18.8 Å². The Balaban J connectivity index is 1.90. The van der Waals surface area contributed by atoms with E-state index < -0.39 is 0 Å². The number of rotatable bonds is 2. The average Bonchev–Trinajstić information content (AvgIpc) is 2.71. The molecule has 0 amide bonds. The number of hydrogen-bond acceptors (Lipinski definition) is 2. The number of nitrogens with one attached hydrogen (secondary N) is 1. The van der Waals surface area contributed by atoms with Gasteiger partial charge in [-0.25, -0.2) is 0 Å². The summed E-state index contributed by atoms with van der Waals surface area (Å²) >= 11 is 0. The third-order valence-electron chi connectivity index (χ3n) is 4.40. The minimum absolute atomic E-state index is 0.00149. The highest BCUT2D eigenvalue weighted by atomic mass is 15.2. The van der Waals surface area contributed by atoms with Crippen LogP contribution in [-0.2, 0) is 5.54 Å². The lowest BCUT2D eigenvalue weighted by Crippen LogP contribution is -2.46. The molecular formula is C19H24N2. The van der Waals surface area contributed by atoms with Crippen molar-refractivity contribution < 1.29 is 0 Å². The normalized spacial score (nSPS) is 22.9. The van der Waals surface area contributed by atoms with Crippen molar-refractivity contribution in [2.24, 2.45) is 0 Å². The average molecular weight is 280 g/mol. The lowest BCUT2D eigenvalue weighted by molar-refractivity contribution is 0.392. The Bertz CT molecular complexity index is 594. The Labute approximate surface area is 127 Å². The van der Waals surface area contributed by atoms with Gasteiger partial charge in [0.05, 0.1) is 5.54 Å². The highest BCUT2D eigenvalue weighted by Crippen LogP contribution is 2.27. The summed E-state index contributed by atoms with van der Waals surface area (Å²) < 4.78 is 0. The van der Waals surface area contributed by atoms with Gasteiger partial charge in [-0.3, -0.25) is 0 Å². The van der Waals surface area contributed by atoms with Gasteiger partial charge in [0.1, 0.15) is 0 Å². The first-order valence-electron chi connectivity index (χ1n) is 7.80. The Morgan fingerprint density at radius 2 is 1.86 bits per heavy atom. The predicted molar refractivity (Wildman–Crippen MR) is 89.8 cm³/mol. The van der Waals surface area contributed by atoms with Gasteiger partial charge in [0.25, 0.3) is 0 Å². The van der Waals surface area contributed by atoms with Crippen LogP contribution < -0.4 is 10.2 Å². The molecule has 0 saturated carbocycles. The zero-order chi connectivity index (χ0) is 14.7. The van der Waals surface area contributed by atoms with Gasteiger partial charge in [-0.1, -0.05) is 42.5 Å². The molecule has 2 nitrogen and oxygen atoms in total. The summed E-state index contributed by atoms with van der Waals surface area (Å²) in [5.41, 5.74) is 4.03. The Kier molecular flexibility index (Phi) is 3.98. The Hall–Kier alpha value is -1.80. The third-order valence-corrected chi connectivity index (χ3v) is 4.40. The molecule has 1 unspecified atom stereocenters. The molecule has 3 rings (SSSR count). The fourth-order valence-corrected chi connectivity index (χ4v) is 3.20. The van der Waals surface area contributed by atoms with E-state index in [-0.39, 0.29) is 5.54 Å². The molecule has 0 spiro atoms. The second-order valence-electron chi connectivity index (χ2n) is 6.24. The van der Waals surface area contributed by atoms with Crippen LogP contribution in [0.5, 0.6) is 0 Å². The van der Waals surface area contributed by atoms with Crippen LogP contribution in [0.4, 0.5) is 5.69 Å². The molecule has 0 aromatic heterocycles. The van der Waals surface area contributed by atoms with Crippen LogP contribution in [0, 0.1) is 6.92 Å². The van der Waals surface area contributed by atoms with E-state index in [4.69, 9.17) is 0 Å². The second kappa shape index (κ2) is 5.90.